The van der Waals surface area contributed by atoms with Gasteiger partial charge in [-0.05, 0) is 38.5 Å². The molecular formula is C21H18F4N6O2S. The smallest absolute Gasteiger partial charge is 0.266 e. The summed E-state index contributed by atoms with van der Waals surface area (Å²) in [7, 11) is -3.94. The highest BCUT2D eigenvalue weighted by atomic mass is 32.2. The highest BCUT2D eigenvalue weighted by Gasteiger charge is 2.39. The zero-order chi connectivity index (χ0) is 24.7. The molecule has 4 aromatic rings. The van der Waals surface area contributed by atoms with Crippen LogP contribution in [0.25, 0.3) is 27.7 Å². The summed E-state index contributed by atoms with van der Waals surface area (Å²) in [6, 6.07) is 2.84. The minimum Gasteiger partial charge on any atom is -0.371 e. The number of alkyl halides is 2. The summed E-state index contributed by atoms with van der Waals surface area (Å²) < 4.78 is 85.6. The van der Waals surface area contributed by atoms with Gasteiger partial charge in [-0.25, -0.2) is 26.0 Å². The molecule has 0 spiro atoms. The highest BCUT2D eigenvalue weighted by Crippen LogP contribution is 2.47. The molecule has 1 N–H and O–H groups in total. The summed E-state index contributed by atoms with van der Waals surface area (Å²) in [6.45, 7) is 5.08. The third-order valence-corrected chi connectivity index (χ3v) is 6.69. The monoisotopic (exact) mass is 494 g/mol. The molecule has 0 atom stereocenters. The number of aryl methyl sites for hydroxylation is 1. The van der Waals surface area contributed by atoms with Crippen LogP contribution >= 0.6 is 0 Å². The van der Waals surface area contributed by atoms with Crippen molar-refractivity contribution < 1.29 is 26.0 Å². The van der Waals surface area contributed by atoms with Crippen LogP contribution in [0.5, 0.6) is 0 Å². The van der Waals surface area contributed by atoms with E-state index in [-0.39, 0.29) is 27.8 Å². The Kier molecular flexibility index (Phi) is 4.60. The second-order valence-corrected chi connectivity index (χ2v) is 10.4. The topological polar surface area (TPSA) is 94.7 Å². The van der Waals surface area contributed by atoms with Crippen LogP contribution in [0, 0.1) is 18.6 Å². The maximum Gasteiger partial charge on any atom is 0.266 e. The number of anilines is 1. The average molecular weight is 494 g/mol. The Balaban J connectivity index is 1.93. The Labute approximate surface area is 191 Å². The van der Waals surface area contributed by atoms with E-state index < -0.39 is 44.7 Å². The predicted octanol–water partition coefficient (Wildman–Crippen LogP) is 4.28. The van der Waals surface area contributed by atoms with Crippen molar-refractivity contribution in [2.45, 2.75) is 32.7 Å². The molecule has 0 fully saturated rings. The molecule has 0 saturated heterocycles. The largest absolute Gasteiger partial charge is 0.371 e. The van der Waals surface area contributed by atoms with Crippen molar-refractivity contribution in [3.8, 4) is 16.8 Å². The van der Waals surface area contributed by atoms with Crippen molar-refractivity contribution in [2.75, 3.05) is 11.6 Å². The van der Waals surface area contributed by atoms with E-state index in [4.69, 9.17) is 0 Å². The first-order valence-electron chi connectivity index (χ1n) is 10.0. The first-order chi connectivity index (χ1) is 15.8. The van der Waals surface area contributed by atoms with Crippen LogP contribution < -0.4 is 5.32 Å². The number of fused-ring (bicyclic) bond motifs is 4. The van der Waals surface area contributed by atoms with E-state index in [0.717, 1.165) is 30.7 Å². The molecular weight excluding hydrogens is 476 g/mol. The fourth-order valence-corrected chi connectivity index (χ4v) is 5.18. The molecule has 0 aliphatic carbocycles. The van der Waals surface area contributed by atoms with Gasteiger partial charge in [0.2, 0.25) is 0 Å². The van der Waals surface area contributed by atoms with Crippen molar-refractivity contribution in [1.29, 1.82) is 0 Å². The maximum atomic E-state index is 15.6. The number of halogens is 4. The van der Waals surface area contributed by atoms with Gasteiger partial charge in [-0.15, -0.1) is 10.2 Å². The average Bonchev–Trinajstić information content (AvgIpc) is 3.30. The second kappa shape index (κ2) is 7.01. The van der Waals surface area contributed by atoms with Gasteiger partial charge in [-0.1, -0.05) is 0 Å². The number of hydrogen-bond donors (Lipinski definition) is 1. The van der Waals surface area contributed by atoms with Crippen LogP contribution in [0.15, 0.2) is 24.4 Å². The highest BCUT2D eigenvalue weighted by molar-refractivity contribution is 7.89. The molecule has 5 rings (SSSR count). The van der Waals surface area contributed by atoms with Gasteiger partial charge in [0.15, 0.2) is 5.82 Å². The Hall–Kier alpha value is -3.48. The Morgan fingerprint density at radius 1 is 1.12 bits per heavy atom. The quantitative estimate of drug-likeness (QED) is 0.428. The molecule has 0 saturated carbocycles. The van der Waals surface area contributed by atoms with Crippen molar-refractivity contribution in [3.05, 3.63) is 53.2 Å². The number of aromatic nitrogens is 5. The van der Waals surface area contributed by atoms with Crippen LogP contribution in [0.4, 0.5) is 23.2 Å². The third kappa shape index (κ3) is 3.10. The molecule has 178 valence electrons. The number of hydrogen-bond acceptors (Lipinski definition) is 6. The van der Waals surface area contributed by atoms with Crippen molar-refractivity contribution in [2.24, 2.45) is 0 Å². The first-order valence-corrected chi connectivity index (χ1v) is 11.9. The summed E-state index contributed by atoms with van der Waals surface area (Å²) >= 11 is 0. The van der Waals surface area contributed by atoms with Gasteiger partial charge in [0.25, 0.3) is 16.4 Å². The van der Waals surface area contributed by atoms with Crippen molar-refractivity contribution in [1.82, 2.24) is 24.0 Å². The lowest BCUT2D eigenvalue weighted by atomic mass is 9.91. The van der Waals surface area contributed by atoms with Crippen molar-refractivity contribution in [3.63, 3.8) is 0 Å². The fraction of sp³-hybridized carbons (Fsp3) is 0.286. The summed E-state index contributed by atoms with van der Waals surface area (Å²) in [5.41, 5.74) is -2.53. The molecule has 0 amide bonds. The first kappa shape index (κ1) is 22.3. The molecule has 8 nitrogen and oxygen atoms in total. The van der Waals surface area contributed by atoms with Gasteiger partial charge in [0, 0.05) is 17.0 Å². The van der Waals surface area contributed by atoms with E-state index in [2.05, 4.69) is 20.6 Å². The molecule has 1 aliphatic rings. The van der Waals surface area contributed by atoms with Crippen LogP contribution in [0.3, 0.4) is 0 Å². The van der Waals surface area contributed by atoms with Crippen LogP contribution in [0.1, 0.15) is 37.5 Å². The summed E-state index contributed by atoms with van der Waals surface area (Å²) in [5.74, 6) is -1.33. The lowest BCUT2D eigenvalue weighted by Crippen LogP contribution is -2.36. The number of nitrogens with zero attached hydrogens (tertiary/aromatic N) is 5. The number of benzene rings is 2. The molecule has 0 unspecified atom stereocenters. The summed E-state index contributed by atoms with van der Waals surface area (Å²) in [4.78, 5) is 0. The molecule has 3 heterocycles. The second-order valence-electron chi connectivity index (χ2n) is 8.64. The molecule has 0 bridgehead atoms. The van der Waals surface area contributed by atoms with Gasteiger partial charge in [-0.2, -0.15) is 9.19 Å². The minimum atomic E-state index is -3.94. The zero-order valence-electron chi connectivity index (χ0n) is 18.4. The standard InChI is InChI=1S/C21H18F4N6O2S/c1-9-28-29-20-21(2,3)27-14-7-13(23)16(17(19(24)25)18(14)30(9)20)11-5-10(22)6-15-12(11)8-26-31(15)34(4,32)33/h5-8,19,27H,1-4H3. The minimum absolute atomic E-state index is 0.00243. The van der Waals surface area contributed by atoms with Crippen LogP contribution in [-0.4, -0.2) is 38.6 Å². The lowest BCUT2D eigenvalue weighted by Gasteiger charge is -2.35. The Bertz CT molecular complexity index is 1610. The molecule has 2 aromatic carbocycles. The normalized spacial score (nSPS) is 14.9. The maximum absolute atomic E-state index is 15.6. The Morgan fingerprint density at radius 2 is 1.82 bits per heavy atom. The molecule has 1 aliphatic heterocycles. The van der Waals surface area contributed by atoms with Crippen molar-refractivity contribution >= 4 is 26.6 Å². The molecule has 34 heavy (non-hydrogen) atoms. The van der Waals surface area contributed by atoms with E-state index in [0.29, 0.717) is 15.7 Å². The number of rotatable bonds is 3. The lowest BCUT2D eigenvalue weighted by molar-refractivity contribution is 0.151. The van der Waals surface area contributed by atoms with Gasteiger partial charge < -0.3 is 5.32 Å². The molecule has 13 heteroatoms. The van der Waals surface area contributed by atoms with Gasteiger partial charge >= 0.3 is 0 Å². The van der Waals surface area contributed by atoms with Crippen LogP contribution in [-0.2, 0) is 15.6 Å². The van der Waals surface area contributed by atoms with Gasteiger partial charge in [-0.3, -0.25) is 4.57 Å². The van der Waals surface area contributed by atoms with Crippen LogP contribution in [0.2, 0.25) is 0 Å². The van der Waals surface area contributed by atoms with E-state index in [9.17, 15) is 21.6 Å². The predicted molar refractivity (Wildman–Crippen MR) is 117 cm³/mol. The summed E-state index contributed by atoms with van der Waals surface area (Å²) in [5, 5.41) is 14.9. The Morgan fingerprint density at radius 3 is 2.47 bits per heavy atom. The van der Waals surface area contributed by atoms with E-state index >= 15 is 4.39 Å². The molecule has 2 aromatic heterocycles. The van der Waals surface area contributed by atoms with E-state index in [1.807, 2.05) is 0 Å². The number of nitrogens with one attached hydrogen (secondary N) is 1. The molecule has 0 radical (unpaired) electrons. The SMILES string of the molecule is Cc1nnc2n1-c1c(cc(F)c(-c3cc(F)cc4c3cnn4S(C)(=O)=O)c1C(F)F)NC2(C)C. The van der Waals surface area contributed by atoms with Gasteiger partial charge in [0.05, 0.1) is 40.4 Å². The zero-order valence-corrected chi connectivity index (χ0v) is 19.2. The van der Waals surface area contributed by atoms with Gasteiger partial charge in [0.1, 0.15) is 17.5 Å². The summed E-state index contributed by atoms with van der Waals surface area (Å²) in [6.07, 6.45) is -1.24. The van der Waals surface area contributed by atoms with E-state index in [1.54, 1.807) is 20.8 Å². The third-order valence-electron chi connectivity index (χ3n) is 5.77. The fourth-order valence-electron chi connectivity index (χ4n) is 4.45. The van der Waals surface area contributed by atoms with E-state index in [1.165, 1.54) is 4.57 Å².